The Kier molecular flexibility index (Phi) is 2.13. The maximum absolute atomic E-state index is 4.78. The Bertz CT molecular complexity index is 406. The van der Waals surface area contributed by atoms with Crippen LogP contribution < -0.4 is 0 Å². The van der Waals surface area contributed by atoms with Crippen LogP contribution in [0.4, 0.5) is 0 Å². The van der Waals surface area contributed by atoms with Gasteiger partial charge in [0.1, 0.15) is 0 Å². The van der Waals surface area contributed by atoms with E-state index in [1.54, 1.807) is 0 Å². The third-order valence-electron chi connectivity index (χ3n) is 3.29. The molecule has 0 spiro atoms. The SMILES string of the molecule is C1=C[C@@H]2N=C(c3ccncc3)C[C@@H]2CC1. The summed E-state index contributed by atoms with van der Waals surface area (Å²) in [6.07, 6.45) is 11.9. The molecule has 0 N–H and O–H groups in total. The summed E-state index contributed by atoms with van der Waals surface area (Å²) in [7, 11) is 0. The van der Waals surface area contributed by atoms with Gasteiger partial charge in [0.25, 0.3) is 0 Å². The van der Waals surface area contributed by atoms with Crippen molar-refractivity contribution >= 4 is 5.71 Å². The normalized spacial score (nSPS) is 28.7. The molecule has 2 heteroatoms. The van der Waals surface area contributed by atoms with E-state index < -0.39 is 0 Å². The van der Waals surface area contributed by atoms with Crippen molar-refractivity contribution in [3.8, 4) is 0 Å². The van der Waals surface area contributed by atoms with Crippen LogP contribution in [0.25, 0.3) is 0 Å². The summed E-state index contributed by atoms with van der Waals surface area (Å²) < 4.78 is 0. The van der Waals surface area contributed by atoms with Crippen molar-refractivity contribution in [1.29, 1.82) is 0 Å². The summed E-state index contributed by atoms with van der Waals surface area (Å²) in [5.74, 6) is 0.748. The maximum atomic E-state index is 4.78. The quantitative estimate of drug-likeness (QED) is 0.637. The number of nitrogens with zero attached hydrogens (tertiary/aromatic N) is 2. The molecule has 0 radical (unpaired) electrons. The molecule has 0 bridgehead atoms. The van der Waals surface area contributed by atoms with Crippen LogP contribution >= 0.6 is 0 Å². The first-order valence-corrected chi connectivity index (χ1v) is 5.57. The second kappa shape index (κ2) is 3.61. The minimum Gasteiger partial charge on any atom is -0.281 e. The van der Waals surface area contributed by atoms with E-state index in [0.29, 0.717) is 6.04 Å². The van der Waals surface area contributed by atoms with Gasteiger partial charge in [0.05, 0.1) is 6.04 Å². The van der Waals surface area contributed by atoms with Crippen LogP contribution in [0.5, 0.6) is 0 Å². The Morgan fingerprint density at radius 3 is 2.87 bits per heavy atom. The van der Waals surface area contributed by atoms with Crippen LogP contribution in [0, 0.1) is 5.92 Å². The molecule has 0 saturated carbocycles. The Morgan fingerprint density at radius 2 is 2.07 bits per heavy atom. The number of aromatic nitrogens is 1. The number of aliphatic imine (C=N–C) groups is 1. The molecule has 0 aromatic carbocycles. The molecule has 2 atom stereocenters. The van der Waals surface area contributed by atoms with E-state index in [4.69, 9.17) is 4.99 Å². The molecule has 0 unspecified atom stereocenters. The van der Waals surface area contributed by atoms with Gasteiger partial charge < -0.3 is 0 Å². The van der Waals surface area contributed by atoms with Gasteiger partial charge in [-0.2, -0.15) is 0 Å². The van der Waals surface area contributed by atoms with Crippen LogP contribution in [0.15, 0.2) is 41.7 Å². The first-order valence-electron chi connectivity index (χ1n) is 5.57. The van der Waals surface area contributed by atoms with Gasteiger partial charge in [-0.1, -0.05) is 12.2 Å². The van der Waals surface area contributed by atoms with Crippen molar-refractivity contribution in [3.63, 3.8) is 0 Å². The predicted molar refractivity (Wildman–Crippen MR) is 61.0 cm³/mol. The molecule has 0 saturated heterocycles. The standard InChI is InChI=1S/C13H14N2/c1-2-4-12-11(3-1)9-13(15-12)10-5-7-14-8-6-10/h2,4-8,11-12H,1,3,9H2/t11-,12-/m0/s1. The number of rotatable bonds is 1. The smallest absolute Gasteiger partial charge is 0.0715 e. The van der Waals surface area contributed by atoms with E-state index >= 15 is 0 Å². The highest BCUT2D eigenvalue weighted by Crippen LogP contribution is 2.32. The number of hydrogen-bond donors (Lipinski definition) is 0. The van der Waals surface area contributed by atoms with Crippen LogP contribution in [0.2, 0.25) is 0 Å². The van der Waals surface area contributed by atoms with Crippen molar-refractivity contribution in [2.75, 3.05) is 0 Å². The lowest BCUT2D eigenvalue weighted by molar-refractivity contribution is 0.470. The Hall–Kier alpha value is -1.44. The molecule has 0 fully saturated rings. The van der Waals surface area contributed by atoms with Gasteiger partial charge in [0.2, 0.25) is 0 Å². The Balaban J connectivity index is 1.88. The number of allylic oxidation sites excluding steroid dienone is 1. The molecule has 1 aromatic rings. The topological polar surface area (TPSA) is 25.2 Å². The van der Waals surface area contributed by atoms with Gasteiger partial charge in [-0.05, 0) is 42.9 Å². The largest absolute Gasteiger partial charge is 0.281 e. The number of pyridine rings is 1. The molecular weight excluding hydrogens is 184 g/mol. The fraction of sp³-hybridized carbons (Fsp3) is 0.385. The number of hydrogen-bond acceptors (Lipinski definition) is 2. The van der Waals surface area contributed by atoms with Crippen molar-refractivity contribution in [3.05, 3.63) is 42.2 Å². The molecule has 1 aliphatic heterocycles. The summed E-state index contributed by atoms with van der Waals surface area (Å²) in [5, 5.41) is 0. The lowest BCUT2D eigenvalue weighted by Crippen LogP contribution is -2.14. The predicted octanol–water partition coefficient (Wildman–Crippen LogP) is 2.61. The second-order valence-corrected chi connectivity index (χ2v) is 4.27. The Morgan fingerprint density at radius 1 is 1.20 bits per heavy atom. The van der Waals surface area contributed by atoms with Gasteiger partial charge in [-0.3, -0.25) is 9.98 Å². The fourth-order valence-corrected chi connectivity index (χ4v) is 2.46. The molecule has 1 aromatic heterocycles. The minimum absolute atomic E-state index is 0.446. The summed E-state index contributed by atoms with van der Waals surface area (Å²) in [6.45, 7) is 0. The van der Waals surface area contributed by atoms with Crippen LogP contribution in [0.1, 0.15) is 24.8 Å². The van der Waals surface area contributed by atoms with Crippen LogP contribution in [-0.4, -0.2) is 16.7 Å². The molecule has 2 aliphatic rings. The molecular formula is C13H14N2. The second-order valence-electron chi connectivity index (χ2n) is 4.27. The summed E-state index contributed by atoms with van der Waals surface area (Å²) in [5.41, 5.74) is 2.51. The van der Waals surface area contributed by atoms with E-state index in [-0.39, 0.29) is 0 Å². The summed E-state index contributed by atoms with van der Waals surface area (Å²) in [4.78, 5) is 8.82. The highest BCUT2D eigenvalue weighted by atomic mass is 14.8. The van der Waals surface area contributed by atoms with Crippen molar-refractivity contribution in [2.45, 2.75) is 25.3 Å². The Labute approximate surface area is 89.8 Å². The summed E-state index contributed by atoms with van der Waals surface area (Å²) >= 11 is 0. The molecule has 0 amide bonds. The fourth-order valence-electron chi connectivity index (χ4n) is 2.46. The van der Waals surface area contributed by atoms with Gasteiger partial charge in [-0.25, -0.2) is 0 Å². The van der Waals surface area contributed by atoms with Gasteiger partial charge >= 0.3 is 0 Å². The van der Waals surface area contributed by atoms with Crippen molar-refractivity contribution < 1.29 is 0 Å². The molecule has 1 aliphatic carbocycles. The highest BCUT2D eigenvalue weighted by Gasteiger charge is 2.28. The van der Waals surface area contributed by atoms with E-state index in [1.165, 1.54) is 24.1 Å². The molecule has 3 rings (SSSR count). The zero-order valence-corrected chi connectivity index (χ0v) is 8.63. The third-order valence-corrected chi connectivity index (χ3v) is 3.29. The maximum Gasteiger partial charge on any atom is 0.0715 e. The van der Waals surface area contributed by atoms with Crippen molar-refractivity contribution in [2.24, 2.45) is 10.9 Å². The first-order chi connectivity index (χ1) is 7.43. The number of fused-ring (bicyclic) bond motifs is 1. The monoisotopic (exact) mass is 198 g/mol. The zero-order valence-electron chi connectivity index (χ0n) is 8.63. The lowest BCUT2D eigenvalue weighted by Gasteiger charge is -2.17. The van der Waals surface area contributed by atoms with E-state index in [0.717, 1.165) is 12.3 Å². The molecule has 2 nitrogen and oxygen atoms in total. The lowest BCUT2D eigenvalue weighted by atomic mass is 9.88. The van der Waals surface area contributed by atoms with E-state index in [1.807, 2.05) is 12.4 Å². The molecule has 76 valence electrons. The summed E-state index contributed by atoms with van der Waals surface area (Å²) in [6, 6.07) is 4.56. The molecule has 15 heavy (non-hydrogen) atoms. The zero-order chi connectivity index (χ0) is 10.1. The minimum atomic E-state index is 0.446. The van der Waals surface area contributed by atoms with E-state index in [9.17, 15) is 0 Å². The van der Waals surface area contributed by atoms with E-state index in [2.05, 4.69) is 29.3 Å². The average Bonchev–Trinajstić information content (AvgIpc) is 2.74. The van der Waals surface area contributed by atoms with Crippen LogP contribution in [-0.2, 0) is 0 Å². The van der Waals surface area contributed by atoms with Gasteiger partial charge in [-0.15, -0.1) is 0 Å². The molecule has 2 heterocycles. The van der Waals surface area contributed by atoms with Crippen LogP contribution in [0.3, 0.4) is 0 Å². The van der Waals surface area contributed by atoms with Crippen molar-refractivity contribution in [1.82, 2.24) is 4.98 Å². The first kappa shape index (κ1) is 8.84. The van der Waals surface area contributed by atoms with Gasteiger partial charge in [0.15, 0.2) is 0 Å². The average molecular weight is 198 g/mol. The third kappa shape index (κ3) is 1.60. The van der Waals surface area contributed by atoms with Gasteiger partial charge in [0, 0.05) is 18.1 Å². The highest BCUT2D eigenvalue weighted by molar-refractivity contribution is 6.02.